The highest BCUT2D eigenvalue weighted by molar-refractivity contribution is 7.87. The molecule has 0 N–H and O–H groups in total. The van der Waals surface area contributed by atoms with Crippen molar-refractivity contribution in [2.24, 2.45) is 5.92 Å². The minimum atomic E-state index is -4.69. The van der Waals surface area contributed by atoms with Gasteiger partial charge in [0.25, 0.3) is 0 Å². The topological polar surface area (TPSA) is 63.7 Å². The summed E-state index contributed by atoms with van der Waals surface area (Å²) in [4.78, 5) is 14.1. The highest BCUT2D eigenvalue weighted by atomic mass is 35.5. The Morgan fingerprint density at radius 1 is 0.972 bits per heavy atom. The fraction of sp³-hybridized carbons (Fsp3) is 0.269. The van der Waals surface area contributed by atoms with Crippen LogP contribution >= 0.6 is 11.6 Å². The maximum Gasteiger partial charge on any atom is 0.416 e. The van der Waals surface area contributed by atoms with Crippen molar-refractivity contribution in [3.63, 3.8) is 0 Å². The summed E-state index contributed by atoms with van der Waals surface area (Å²) in [5.41, 5.74) is 0.289. The Kier molecular flexibility index (Phi) is 8.68. The summed E-state index contributed by atoms with van der Waals surface area (Å²) in [5, 5.41) is -0.856. The zero-order chi connectivity index (χ0) is 26.5. The van der Waals surface area contributed by atoms with Gasteiger partial charge >= 0.3 is 16.3 Å². The maximum absolute atomic E-state index is 13.1. The molecule has 0 aromatic heterocycles. The minimum Gasteiger partial charge on any atom is -0.379 e. The van der Waals surface area contributed by atoms with Crippen molar-refractivity contribution in [3.05, 3.63) is 95.6 Å². The number of rotatable bonds is 9. The van der Waals surface area contributed by atoms with E-state index in [0.29, 0.717) is 23.7 Å². The Balaban J connectivity index is 1.74. The van der Waals surface area contributed by atoms with Gasteiger partial charge in [0.15, 0.2) is 0 Å². The van der Waals surface area contributed by atoms with E-state index in [4.69, 9.17) is 15.8 Å². The van der Waals surface area contributed by atoms with Crippen molar-refractivity contribution in [2.75, 3.05) is 6.54 Å². The van der Waals surface area contributed by atoms with Crippen LogP contribution in [0, 0.1) is 5.92 Å². The standard InChI is InChI=1S/C26H25ClF3NO4S/c1-18(2)16-31(25(32)24(27)20-7-4-3-5-8-20)17-19-11-13-22(14-12-19)35-36(33,34)23-10-6-9-21(15-23)26(28,29)30/h3-15,18,24H,16-17H2,1-2H3. The molecule has 10 heteroatoms. The van der Waals surface area contributed by atoms with Crippen LogP contribution in [0.25, 0.3) is 0 Å². The van der Waals surface area contributed by atoms with Crippen LogP contribution in [0.2, 0.25) is 0 Å². The zero-order valence-corrected chi connectivity index (χ0v) is 21.1. The van der Waals surface area contributed by atoms with Crippen LogP contribution in [-0.4, -0.2) is 25.8 Å². The van der Waals surface area contributed by atoms with Gasteiger partial charge in [-0.25, -0.2) is 0 Å². The summed E-state index contributed by atoms with van der Waals surface area (Å²) < 4.78 is 68.9. The smallest absolute Gasteiger partial charge is 0.379 e. The molecule has 0 bridgehead atoms. The first-order valence-electron chi connectivity index (χ1n) is 11.1. The Morgan fingerprint density at radius 3 is 2.19 bits per heavy atom. The summed E-state index contributed by atoms with van der Waals surface area (Å²) in [6.07, 6.45) is -4.69. The third-order valence-electron chi connectivity index (χ3n) is 5.16. The molecule has 0 fully saturated rings. The Labute approximate surface area is 213 Å². The fourth-order valence-corrected chi connectivity index (χ4v) is 4.73. The van der Waals surface area contributed by atoms with E-state index in [2.05, 4.69) is 0 Å². The van der Waals surface area contributed by atoms with Crippen LogP contribution < -0.4 is 4.18 Å². The summed E-state index contributed by atoms with van der Waals surface area (Å²) in [6, 6.07) is 18.3. The Hall–Kier alpha value is -3.04. The molecule has 36 heavy (non-hydrogen) atoms. The Bertz CT molecular complexity index is 1280. The lowest BCUT2D eigenvalue weighted by atomic mass is 10.1. The van der Waals surface area contributed by atoms with Crippen LogP contribution in [0.5, 0.6) is 5.75 Å². The molecular weight excluding hydrogens is 515 g/mol. The van der Waals surface area contributed by atoms with Gasteiger partial charge in [0.05, 0.1) is 5.56 Å². The van der Waals surface area contributed by atoms with E-state index in [9.17, 15) is 26.4 Å². The molecule has 1 amide bonds. The predicted octanol–water partition coefficient (Wildman–Crippen LogP) is 6.44. The molecule has 3 aromatic carbocycles. The van der Waals surface area contributed by atoms with Crippen molar-refractivity contribution in [3.8, 4) is 5.75 Å². The lowest BCUT2D eigenvalue weighted by Crippen LogP contribution is -2.36. The van der Waals surface area contributed by atoms with E-state index < -0.39 is 32.1 Å². The highest BCUT2D eigenvalue weighted by Gasteiger charge is 2.32. The van der Waals surface area contributed by atoms with Gasteiger partial charge in [0, 0.05) is 13.1 Å². The number of amides is 1. The van der Waals surface area contributed by atoms with Crippen molar-refractivity contribution in [1.82, 2.24) is 4.90 Å². The van der Waals surface area contributed by atoms with Gasteiger partial charge in [-0.15, -0.1) is 11.6 Å². The first kappa shape index (κ1) is 27.5. The molecule has 0 heterocycles. The molecule has 3 rings (SSSR count). The van der Waals surface area contributed by atoms with E-state index in [-0.39, 0.29) is 24.1 Å². The van der Waals surface area contributed by atoms with Gasteiger partial charge in [-0.05, 0) is 47.4 Å². The van der Waals surface area contributed by atoms with Crippen LogP contribution in [0.1, 0.15) is 35.9 Å². The van der Waals surface area contributed by atoms with Gasteiger partial charge in [0.1, 0.15) is 16.0 Å². The summed E-state index contributed by atoms with van der Waals surface area (Å²) in [7, 11) is -4.49. The maximum atomic E-state index is 13.1. The second-order valence-electron chi connectivity index (χ2n) is 8.59. The number of hydrogen-bond acceptors (Lipinski definition) is 4. The first-order chi connectivity index (χ1) is 16.9. The number of carbonyl (C=O) groups is 1. The molecule has 0 saturated heterocycles. The molecule has 192 valence electrons. The van der Waals surface area contributed by atoms with Crippen molar-refractivity contribution in [1.29, 1.82) is 0 Å². The number of benzene rings is 3. The fourth-order valence-electron chi connectivity index (χ4n) is 3.47. The number of nitrogens with zero attached hydrogens (tertiary/aromatic N) is 1. The van der Waals surface area contributed by atoms with Gasteiger partial charge in [-0.3, -0.25) is 4.79 Å². The monoisotopic (exact) mass is 539 g/mol. The van der Waals surface area contributed by atoms with Crippen molar-refractivity contribution < 1.29 is 30.6 Å². The van der Waals surface area contributed by atoms with Crippen LogP contribution in [0.4, 0.5) is 13.2 Å². The molecule has 1 atom stereocenters. The number of alkyl halides is 4. The van der Waals surface area contributed by atoms with Gasteiger partial charge < -0.3 is 9.08 Å². The lowest BCUT2D eigenvalue weighted by Gasteiger charge is -2.27. The van der Waals surface area contributed by atoms with Crippen LogP contribution in [0.3, 0.4) is 0 Å². The highest BCUT2D eigenvalue weighted by Crippen LogP contribution is 2.31. The number of carbonyl (C=O) groups excluding carboxylic acids is 1. The number of hydrogen-bond donors (Lipinski definition) is 0. The van der Waals surface area contributed by atoms with E-state index in [1.165, 1.54) is 12.1 Å². The number of halogens is 4. The second kappa shape index (κ2) is 11.3. The molecule has 0 saturated carbocycles. The van der Waals surface area contributed by atoms with E-state index in [0.717, 1.165) is 18.2 Å². The average molecular weight is 540 g/mol. The van der Waals surface area contributed by atoms with Gasteiger partial charge in [-0.2, -0.15) is 21.6 Å². The summed E-state index contributed by atoms with van der Waals surface area (Å²) in [5.74, 6) is -0.157. The predicted molar refractivity (Wildman–Crippen MR) is 131 cm³/mol. The second-order valence-corrected chi connectivity index (χ2v) is 10.6. The first-order valence-corrected chi connectivity index (χ1v) is 12.9. The van der Waals surface area contributed by atoms with Gasteiger partial charge in [-0.1, -0.05) is 62.4 Å². The Morgan fingerprint density at radius 2 is 1.61 bits per heavy atom. The third-order valence-corrected chi connectivity index (χ3v) is 6.84. The molecule has 1 unspecified atom stereocenters. The SMILES string of the molecule is CC(C)CN(Cc1ccc(OS(=O)(=O)c2cccc(C(F)(F)F)c2)cc1)C(=O)C(Cl)c1ccccc1. The average Bonchev–Trinajstić information content (AvgIpc) is 2.83. The summed E-state index contributed by atoms with van der Waals surface area (Å²) >= 11 is 6.45. The third kappa shape index (κ3) is 7.24. The molecule has 0 aliphatic rings. The normalized spacial score (nSPS) is 12.9. The van der Waals surface area contributed by atoms with Crippen molar-refractivity contribution in [2.45, 2.75) is 36.8 Å². The van der Waals surface area contributed by atoms with E-state index >= 15 is 0 Å². The molecule has 0 aliphatic heterocycles. The van der Waals surface area contributed by atoms with Crippen molar-refractivity contribution >= 4 is 27.6 Å². The molecule has 0 radical (unpaired) electrons. The van der Waals surface area contributed by atoms with Crippen LogP contribution in [0.15, 0.2) is 83.8 Å². The summed E-state index contributed by atoms with van der Waals surface area (Å²) in [6.45, 7) is 4.63. The quantitative estimate of drug-likeness (QED) is 0.232. The molecule has 0 aliphatic carbocycles. The van der Waals surface area contributed by atoms with Crippen LogP contribution in [-0.2, 0) is 27.6 Å². The molecule has 5 nitrogen and oxygen atoms in total. The minimum absolute atomic E-state index is 0.0718. The van der Waals surface area contributed by atoms with E-state index in [1.807, 2.05) is 19.9 Å². The molecular formula is C26H25ClF3NO4S. The van der Waals surface area contributed by atoms with E-state index in [1.54, 1.807) is 41.3 Å². The zero-order valence-electron chi connectivity index (χ0n) is 19.6. The molecule has 3 aromatic rings. The largest absolute Gasteiger partial charge is 0.416 e. The lowest BCUT2D eigenvalue weighted by molar-refractivity contribution is -0.137. The van der Waals surface area contributed by atoms with Gasteiger partial charge in [0.2, 0.25) is 5.91 Å². The molecule has 0 spiro atoms.